The SMILES string of the molecule is CC/C=C/C/C=C/C=C/C(O)CCCCCCCC(=O)O[C@H](COC(=O)CCCCCCCCC/C=C\CCCCCCCC)COP(=O)(O)OCC[N+](C)(C)C. The molecule has 11 heteroatoms. The van der Waals surface area contributed by atoms with E-state index in [0.717, 1.165) is 70.6 Å². The van der Waals surface area contributed by atoms with Crippen LogP contribution in [-0.2, 0) is 32.7 Å². The third kappa shape index (κ3) is 41.9. The molecular formula is C46H85NO9P+. The van der Waals surface area contributed by atoms with E-state index >= 15 is 0 Å². The van der Waals surface area contributed by atoms with Crippen molar-refractivity contribution in [2.45, 2.75) is 187 Å². The van der Waals surface area contributed by atoms with Crippen molar-refractivity contribution in [3.63, 3.8) is 0 Å². The number of hydrogen-bond acceptors (Lipinski definition) is 8. The summed E-state index contributed by atoms with van der Waals surface area (Å²) in [6, 6.07) is 0. The highest BCUT2D eigenvalue weighted by Gasteiger charge is 2.27. The van der Waals surface area contributed by atoms with Gasteiger partial charge in [0.2, 0.25) is 0 Å². The number of likely N-dealkylation sites (N-methyl/N-ethyl adjacent to an activating group) is 1. The fraction of sp³-hybridized carbons (Fsp3) is 0.783. The van der Waals surface area contributed by atoms with Crippen molar-refractivity contribution < 1.29 is 47.2 Å². The highest BCUT2D eigenvalue weighted by molar-refractivity contribution is 7.47. The van der Waals surface area contributed by atoms with Crippen LogP contribution in [0.1, 0.15) is 174 Å². The van der Waals surface area contributed by atoms with Crippen molar-refractivity contribution in [3.05, 3.63) is 48.6 Å². The lowest BCUT2D eigenvalue weighted by molar-refractivity contribution is -0.870. The van der Waals surface area contributed by atoms with E-state index in [2.05, 4.69) is 44.2 Å². The third-order valence-corrected chi connectivity index (χ3v) is 10.4. The first-order valence-corrected chi connectivity index (χ1v) is 24.0. The molecule has 0 amide bonds. The molecule has 0 bridgehead atoms. The zero-order valence-corrected chi connectivity index (χ0v) is 37.8. The minimum atomic E-state index is -4.40. The average Bonchev–Trinajstić information content (AvgIpc) is 3.15. The van der Waals surface area contributed by atoms with Gasteiger partial charge in [0.1, 0.15) is 19.8 Å². The molecule has 0 saturated carbocycles. The number of phosphoric acid groups is 1. The number of esters is 2. The molecule has 0 heterocycles. The number of rotatable bonds is 40. The minimum absolute atomic E-state index is 0.0115. The molecule has 0 fully saturated rings. The van der Waals surface area contributed by atoms with Gasteiger partial charge in [0.05, 0.1) is 33.9 Å². The number of phosphoric ester groups is 1. The number of aliphatic hydroxyl groups excluding tert-OH is 1. The molecule has 0 radical (unpaired) electrons. The number of aliphatic hydroxyl groups is 1. The van der Waals surface area contributed by atoms with Gasteiger partial charge in [0.25, 0.3) is 0 Å². The van der Waals surface area contributed by atoms with Crippen molar-refractivity contribution in [1.29, 1.82) is 0 Å². The van der Waals surface area contributed by atoms with Gasteiger partial charge in [-0.1, -0.05) is 152 Å². The second-order valence-electron chi connectivity index (χ2n) is 16.2. The van der Waals surface area contributed by atoms with Gasteiger partial charge >= 0.3 is 19.8 Å². The van der Waals surface area contributed by atoms with Crippen LogP contribution in [-0.4, -0.2) is 86.1 Å². The number of hydrogen-bond donors (Lipinski definition) is 2. The largest absolute Gasteiger partial charge is 0.472 e. The molecule has 0 aromatic carbocycles. The predicted octanol–water partition coefficient (Wildman–Crippen LogP) is 11.7. The molecule has 0 aromatic heterocycles. The van der Waals surface area contributed by atoms with Crippen molar-refractivity contribution >= 4 is 19.8 Å². The van der Waals surface area contributed by atoms with E-state index in [9.17, 15) is 24.2 Å². The highest BCUT2D eigenvalue weighted by atomic mass is 31.2. The molecule has 10 nitrogen and oxygen atoms in total. The van der Waals surface area contributed by atoms with Gasteiger partial charge in [-0.3, -0.25) is 18.6 Å². The molecule has 0 rings (SSSR count). The van der Waals surface area contributed by atoms with E-state index in [1.165, 1.54) is 64.2 Å². The van der Waals surface area contributed by atoms with E-state index in [1.807, 2.05) is 33.3 Å². The highest BCUT2D eigenvalue weighted by Crippen LogP contribution is 2.43. The fourth-order valence-corrected chi connectivity index (χ4v) is 6.64. The lowest BCUT2D eigenvalue weighted by Gasteiger charge is -2.24. The van der Waals surface area contributed by atoms with E-state index in [0.29, 0.717) is 23.9 Å². The number of allylic oxidation sites excluding steroid dienone is 7. The predicted molar refractivity (Wildman–Crippen MR) is 235 cm³/mol. The second kappa shape index (κ2) is 38.2. The maximum atomic E-state index is 12.7. The summed E-state index contributed by atoms with van der Waals surface area (Å²) in [7, 11) is 1.41. The summed E-state index contributed by atoms with van der Waals surface area (Å²) in [5.41, 5.74) is 0. The standard InChI is InChI=1S/C46H84NO9P/c1-6-8-10-12-14-15-16-17-18-19-20-21-22-23-25-29-33-37-45(49)53-41-44(42-55-57(51,52)54-40-39-47(3,4)5)56-46(50)38-34-30-26-28-32-36-43(48)35-31-27-24-13-11-9-7-2/h9,11,17-18,24,27,31,35,43-44,48H,6-8,10,12-16,19-23,25-26,28-30,32-34,36-42H2,1-5H3/p+1/b11-9+,18-17-,27-24+,35-31+/t43?,44-/m1/s1. The van der Waals surface area contributed by atoms with E-state index in [4.69, 9.17) is 18.5 Å². The van der Waals surface area contributed by atoms with Crippen LogP contribution in [0.4, 0.5) is 0 Å². The Balaban J connectivity index is 4.43. The molecule has 2 N–H and O–H groups in total. The van der Waals surface area contributed by atoms with Crippen LogP contribution in [0.5, 0.6) is 0 Å². The van der Waals surface area contributed by atoms with Gasteiger partial charge in [-0.25, -0.2) is 4.57 Å². The van der Waals surface area contributed by atoms with Gasteiger partial charge in [0.15, 0.2) is 6.10 Å². The molecule has 0 aliphatic carbocycles. The molecular weight excluding hydrogens is 741 g/mol. The van der Waals surface area contributed by atoms with Crippen molar-refractivity contribution in [2.24, 2.45) is 0 Å². The third-order valence-electron chi connectivity index (χ3n) is 9.45. The minimum Gasteiger partial charge on any atom is -0.462 e. The van der Waals surface area contributed by atoms with Gasteiger partial charge in [-0.15, -0.1) is 0 Å². The Labute approximate surface area is 348 Å². The Bertz CT molecular complexity index is 1130. The van der Waals surface area contributed by atoms with E-state index in [-0.39, 0.29) is 26.1 Å². The molecule has 2 unspecified atom stereocenters. The Kier molecular flexibility index (Phi) is 36.8. The number of quaternary nitrogens is 1. The maximum absolute atomic E-state index is 12.7. The number of nitrogens with zero attached hydrogens (tertiary/aromatic N) is 1. The fourth-order valence-electron chi connectivity index (χ4n) is 5.90. The lowest BCUT2D eigenvalue weighted by atomic mass is 10.1. The molecule has 0 saturated heterocycles. The summed E-state index contributed by atoms with van der Waals surface area (Å²) < 4.78 is 34.2. The van der Waals surface area contributed by atoms with Gasteiger partial charge < -0.3 is 24.0 Å². The summed E-state index contributed by atoms with van der Waals surface area (Å²) >= 11 is 0. The zero-order valence-electron chi connectivity index (χ0n) is 36.9. The van der Waals surface area contributed by atoms with Crippen LogP contribution in [0, 0.1) is 0 Å². The molecule has 0 aromatic rings. The van der Waals surface area contributed by atoms with Gasteiger partial charge in [-0.2, -0.15) is 0 Å². The van der Waals surface area contributed by atoms with Gasteiger partial charge in [-0.05, 0) is 57.8 Å². The Morgan fingerprint density at radius 2 is 1.21 bits per heavy atom. The Morgan fingerprint density at radius 3 is 1.81 bits per heavy atom. The molecule has 332 valence electrons. The zero-order chi connectivity index (χ0) is 42.3. The van der Waals surface area contributed by atoms with Crippen LogP contribution in [0.25, 0.3) is 0 Å². The number of carbonyl (C=O) groups is 2. The van der Waals surface area contributed by atoms with Crippen LogP contribution in [0.3, 0.4) is 0 Å². The first kappa shape index (κ1) is 54.9. The average molecular weight is 827 g/mol. The number of ether oxygens (including phenoxy) is 2. The summed E-state index contributed by atoms with van der Waals surface area (Å²) in [6.45, 7) is 4.16. The lowest BCUT2D eigenvalue weighted by Crippen LogP contribution is -2.37. The molecule has 0 aliphatic heterocycles. The maximum Gasteiger partial charge on any atom is 0.472 e. The smallest absolute Gasteiger partial charge is 0.462 e. The first-order valence-electron chi connectivity index (χ1n) is 22.5. The van der Waals surface area contributed by atoms with Crippen molar-refractivity contribution in [3.8, 4) is 0 Å². The Morgan fingerprint density at radius 1 is 0.649 bits per heavy atom. The van der Waals surface area contributed by atoms with Gasteiger partial charge in [0, 0.05) is 12.8 Å². The van der Waals surface area contributed by atoms with Crippen LogP contribution in [0.2, 0.25) is 0 Å². The van der Waals surface area contributed by atoms with E-state index in [1.54, 1.807) is 6.08 Å². The van der Waals surface area contributed by atoms with Crippen LogP contribution < -0.4 is 0 Å². The normalized spacial score (nSPS) is 14.6. The summed E-state index contributed by atoms with van der Waals surface area (Å²) in [6.07, 6.45) is 40.3. The molecule has 3 atom stereocenters. The summed E-state index contributed by atoms with van der Waals surface area (Å²) in [5, 5.41) is 10.2. The number of unbranched alkanes of at least 4 members (excludes halogenated alkanes) is 17. The van der Waals surface area contributed by atoms with Crippen molar-refractivity contribution in [2.75, 3.05) is 47.5 Å². The van der Waals surface area contributed by atoms with Crippen molar-refractivity contribution in [1.82, 2.24) is 0 Å². The summed E-state index contributed by atoms with van der Waals surface area (Å²) in [4.78, 5) is 35.4. The first-order chi connectivity index (χ1) is 27.4. The van der Waals surface area contributed by atoms with Crippen LogP contribution in [0.15, 0.2) is 48.6 Å². The monoisotopic (exact) mass is 827 g/mol. The molecule has 0 spiro atoms. The Hall–Kier alpha value is -2.07. The molecule has 57 heavy (non-hydrogen) atoms. The summed E-state index contributed by atoms with van der Waals surface area (Å²) in [5.74, 6) is -0.881. The second-order valence-corrected chi connectivity index (χ2v) is 17.7. The number of carbonyl (C=O) groups excluding carboxylic acids is 2. The molecule has 0 aliphatic rings. The van der Waals surface area contributed by atoms with Crippen LogP contribution >= 0.6 is 7.82 Å². The topological polar surface area (TPSA) is 129 Å². The quantitative estimate of drug-likeness (QED) is 0.0155. The van der Waals surface area contributed by atoms with E-state index < -0.39 is 38.6 Å².